The molecule has 104 valence electrons. The normalized spacial score (nSPS) is 14.1. The largest absolute Gasteiger partial charge is 0.397 e. The molecule has 0 radical (unpaired) electrons. The van der Waals surface area contributed by atoms with E-state index in [4.69, 9.17) is 4.43 Å². The second-order valence-electron chi connectivity index (χ2n) is 6.48. The van der Waals surface area contributed by atoms with Crippen LogP contribution in [0.15, 0.2) is 0 Å². The third-order valence-electron chi connectivity index (χ3n) is 3.15. The smallest absolute Gasteiger partial charge is 0.341 e. The summed E-state index contributed by atoms with van der Waals surface area (Å²) in [6, 6.07) is 0. The Hall–Kier alpha value is 0.0969. The summed E-state index contributed by atoms with van der Waals surface area (Å²) in [5.74, 6) is 0. The second-order valence-corrected chi connectivity index (χ2v) is 8.85. The number of rotatable bonds is 5. The Labute approximate surface area is 110 Å². The van der Waals surface area contributed by atoms with Crippen molar-refractivity contribution in [3.05, 3.63) is 0 Å². The molecule has 0 aromatic heterocycles. The Kier molecular flexibility index (Phi) is 6.35. The first-order chi connectivity index (χ1) is 7.59. The first kappa shape index (κ1) is 17.1. The van der Waals surface area contributed by atoms with Gasteiger partial charge in [-0.1, -0.05) is 13.8 Å². The van der Waals surface area contributed by atoms with Gasteiger partial charge < -0.3 is 4.43 Å². The van der Waals surface area contributed by atoms with E-state index in [0.29, 0.717) is 0 Å². The molecule has 0 unspecified atom stereocenters. The highest BCUT2D eigenvalue weighted by Crippen LogP contribution is 2.22. The summed E-state index contributed by atoms with van der Waals surface area (Å²) in [5.41, 5.74) is 0.334. The molecule has 4 heteroatoms. The van der Waals surface area contributed by atoms with Crippen molar-refractivity contribution in [2.45, 2.75) is 66.5 Å². The molecule has 0 aliphatic heterocycles. The van der Waals surface area contributed by atoms with Crippen molar-refractivity contribution in [1.29, 1.82) is 0 Å². The van der Waals surface area contributed by atoms with E-state index in [-0.39, 0.29) is 11.1 Å². The van der Waals surface area contributed by atoms with E-state index in [0.717, 1.165) is 13.1 Å². The van der Waals surface area contributed by atoms with Gasteiger partial charge in [0, 0.05) is 18.2 Å². The summed E-state index contributed by atoms with van der Waals surface area (Å²) < 4.78 is 11.0. The Morgan fingerprint density at radius 1 is 0.824 bits per heavy atom. The molecule has 0 aliphatic carbocycles. The van der Waals surface area contributed by atoms with Crippen molar-refractivity contribution in [3.63, 3.8) is 0 Å². The Morgan fingerprint density at radius 2 is 1.12 bits per heavy atom. The maximum absolute atomic E-state index is 5.90. The third kappa shape index (κ3) is 4.70. The fourth-order valence-electron chi connectivity index (χ4n) is 2.35. The van der Waals surface area contributed by atoms with Crippen LogP contribution >= 0.6 is 0 Å². The number of hydrogen-bond donors (Lipinski definition) is 0. The van der Waals surface area contributed by atoms with Gasteiger partial charge in [0.1, 0.15) is 0 Å². The van der Waals surface area contributed by atoms with Gasteiger partial charge in [-0.2, -0.15) is 0 Å². The summed E-state index contributed by atoms with van der Waals surface area (Å²) in [4.78, 5) is 0. The predicted molar refractivity (Wildman–Crippen MR) is 78.4 cm³/mol. The van der Waals surface area contributed by atoms with Crippen LogP contribution in [0.2, 0.25) is 0 Å². The van der Waals surface area contributed by atoms with E-state index in [1.807, 2.05) is 7.11 Å². The molecule has 3 nitrogen and oxygen atoms in total. The van der Waals surface area contributed by atoms with Crippen molar-refractivity contribution in [3.8, 4) is 0 Å². The zero-order chi connectivity index (χ0) is 13.9. The lowest BCUT2D eigenvalue weighted by Gasteiger charge is -2.47. The van der Waals surface area contributed by atoms with Crippen LogP contribution in [-0.2, 0) is 4.43 Å². The van der Waals surface area contributed by atoms with Crippen molar-refractivity contribution in [1.82, 2.24) is 9.13 Å². The lowest BCUT2D eigenvalue weighted by Crippen LogP contribution is -2.64. The van der Waals surface area contributed by atoms with E-state index >= 15 is 0 Å². The average Bonchev–Trinajstić information content (AvgIpc) is 2.13. The summed E-state index contributed by atoms with van der Waals surface area (Å²) in [6.45, 7) is 20.2. The SMILES string of the molecule is CCN([SiH](OC)N(CC)C(C)(C)C)C(C)(C)C. The Bertz CT molecular complexity index is 198. The van der Waals surface area contributed by atoms with Crippen molar-refractivity contribution >= 4 is 9.36 Å². The fraction of sp³-hybridized carbons (Fsp3) is 1.00. The van der Waals surface area contributed by atoms with E-state index in [1.54, 1.807) is 0 Å². The molecule has 0 spiro atoms. The van der Waals surface area contributed by atoms with Gasteiger partial charge in [-0.25, -0.2) is 0 Å². The van der Waals surface area contributed by atoms with Crippen LogP contribution in [0.25, 0.3) is 0 Å². The first-order valence-electron chi connectivity index (χ1n) is 6.65. The van der Waals surface area contributed by atoms with Crippen LogP contribution in [0.1, 0.15) is 55.4 Å². The first-order valence-corrected chi connectivity index (χ1v) is 8.16. The van der Waals surface area contributed by atoms with Crippen molar-refractivity contribution in [2.24, 2.45) is 0 Å². The summed E-state index contributed by atoms with van der Waals surface area (Å²) >= 11 is 0. The lowest BCUT2D eigenvalue weighted by molar-refractivity contribution is 0.129. The molecular weight excluding hydrogens is 228 g/mol. The molecule has 0 amide bonds. The summed E-state index contributed by atoms with van der Waals surface area (Å²) in [5, 5.41) is 0. The van der Waals surface area contributed by atoms with Gasteiger partial charge in [-0.15, -0.1) is 0 Å². The summed E-state index contributed by atoms with van der Waals surface area (Å²) in [6.07, 6.45) is 0. The van der Waals surface area contributed by atoms with Gasteiger partial charge in [0.15, 0.2) is 0 Å². The van der Waals surface area contributed by atoms with Crippen molar-refractivity contribution < 1.29 is 4.43 Å². The van der Waals surface area contributed by atoms with Gasteiger partial charge in [0.25, 0.3) is 0 Å². The lowest BCUT2D eigenvalue weighted by atomic mass is 10.1. The molecule has 17 heavy (non-hydrogen) atoms. The molecule has 0 aliphatic rings. The second kappa shape index (κ2) is 6.32. The predicted octanol–water partition coefficient (Wildman–Crippen LogP) is 2.59. The third-order valence-corrected chi connectivity index (χ3v) is 6.92. The number of nitrogens with zero attached hydrogens (tertiary/aromatic N) is 2. The highest BCUT2D eigenvalue weighted by atomic mass is 28.3. The zero-order valence-electron chi connectivity index (χ0n) is 13.3. The average molecular weight is 260 g/mol. The molecule has 0 bridgehead atoms. The standard InChI is InChI=1S/C13H32N2OSi/c1-10-14(12(3,4)5)17(16-9)15(11-2)13(6,7)8/h17H,10-11H2,1-9H3. The monoisotopic (exact) mass is 260 g/mol. The quantitative estimate of drug-likeness (QED) is 0.707. The van der Waals surface area contributed by atoms with E-state index in [9.17, 15) is 0 Å². The molecule has 0 saturated heterocycles. The minimum absolute atomic E-state index is 0.167. The van der Waals surface area contributed by atoms with Crippen LogP contribution in [0.4, 0.5) is 0 Å². The molecule has 0 aromatic rings. The van der Waals surface area contributed by atoms with Crippen LogP contribution in [0.3, 0.4) is 0 Å². The maximum atomic E-state index is 5.90. The van der Waals surface area contributed by atoms with Gasteiger partial charge >= 0.3 is 9.36 Å². The fourth-order valence-corrected chi connectivity index (χ4v) is 5.14. The minimum Gasteiger partial charge on any atom is -0.397 e. The van der Waals surface area contributed by atoms with E-state index in [1.165, 1.54) is 0 Å². The minimum atomic E-state index is -1.53. The molecule has 0 atom stereocenters. The van der Waals surface area contributed by atoms with Crippen molar-refractivity contribution in [2.75, 3.05) is 20.2 Å². The zero-order valence-corrected chi connectivity index (χ0v) is 14.4. The topological polar surface area (TPSA) is 15.7 Å². The van der Waals surface area contributed by atoms with Crippen LogP contribution in [0.5, 0.6) is 0 Å². The van der Waals surface area contributed by atoms with Gasteiger partial charge in [0.05, 0.1) is 0 Å². The van der Waals surface area contributed by atoms with E-state index in [2.05, 4.69) is 64.5 Å². The Balaban J connectivity index is 5.15. The molecule has 0 aromatic carbocycles. The van der Waals surface area contributed by atoms with Gasteiger partial charge in [0.2, 0.25) is 0 Å². The number of hydrogen-bond acceptors (Lipinski definition) is 3. The maximum Gasteiger partial charge on any atom is 0.341 e. The van der Waals surface area contributed by atoms with Crippen LogP contribution < -0.4 is 0 Å². The molecule has 0 fully saturated rings. The van der Waals surface area contributed by atoms with Crippen LogP contribution in [-0.4, -0.2) is 49.8 Å². The van der Waals surface area contributed by atoms with Gasteiger partial charge in [-0.05, 0) is 54.6 Å². The molecule has 0 heterocycles. The van der Waals surface area contributed by atoms with Crippen LogP contribution in [0, 0.1) is 0 Å². The highest BCUT2D eigenvalue weighted by Gasteiger charge is 2.38. The van der Waals surface area contributed by atoms with E-state index < -0.39 is 9.36 Å². The molecule has 0 rings (SSSR count). The molecule has 0 N–H and O–H groups in total. The Morgan fingerprint density at radius 3 is 1.24 bits per heavy atom. The highest BCUT2D eigenvalue weighted by molar-refractivity contribution is 6.45. The molecule has 0 saturated carbocycles. The molecular formula is C13H32N2OSi. The summed E-state index contributed by atoms with van der Waals surface area (Å²) in [7, 11) is 0.335. The van der Waals surface area contributed by atoms with Gasteiger partial charge in [-0.3, -0.25) is 9.13 Å².